The van der Waals surface area contributed by atoms with Crippen LogP contribution in [0.3, 0.4) is 0 Å². The number of aromatic amines is 3. The predicted octanol–water partition coefficient (Wildman–Crippen LogP) is 10.6. The first-order valence-corrected chi connectivity index (χ1v) is 15.1. The van der Waals surface area contributed by atoms with Crippen LogP contribution in [-0.4, -0.2) is 19.9 Å². The molecule has 44 heavy (non-hydrogen) atoms. The molecule has 1 aliphatic heterocycles. The van der Waals surface area contributed by atoms with Gasteiger partial charge in [-0.15, -0.1) is 0 Å². The van der Waals surface area contributed by atoms with Crippen molar-refractivity contribution in [2.45, 2.75) is 20.8 Å². The Bertz CT molecular complexity index is 2320. The molecule has 8 bridgehead atoms. The third-order valence-electron chi connectivity index (χ3n) is 8.60. The van der Waals surface area contributed by atoms with Crippen molar-refractivity contribution in [3.05, 3.63) is 137 Å². The average molecular weight is 569 g/mol. The van der Waals surface area contributed by atoms with Gasteiger partial charge in [-0.3, -0.25) is 0 Å². The lowest BCUT2D eigenvalue weighted by Crippen LogP contribution is -1.86. The van der Waals surface area contributed by atoms with Crippen molar-refractivity contribution in [3.8, 4) is 33.4 Å². The van der Waals surface area contributed by atoms with Crippen molar-refractivity contribution >= 4 is 45.3 Å². The van der Waals surface area contributed by atoms with Gasteiger partial charge < -0.3 is 15.0 Å². The molecule has 0 saturated heterocycles. The molecule has 5 heterocycles. The first-order valence-electron chi connectivity index (χ1n) is 15.1. The van der Waals surface area contributed by atoms with Crippen molar-refractivity contribution in [2.24, 2.45) is 0 Å². The fraction of sp³-hybridized carbons (Fsp3) is 0.0750. The Kier molecular flexibility index (Phi) is 6.09. The van der Waals surface area contributed by atoms with Crippen molar-refractivity contribution in [2.75, 3.05) is 0 Å². The van der Waals surface area contributed by atoms with Gasteiger partial charge in [0.05, 0.1) is 16.9 Å². The van der Waals surface area contributed by atoms with E-state index in [0.29, 0.717) is 0 Å². The second kappa shape index (κ2) is 10.3. The quantitative estimate of drug-likeness (QED) is 0.195. The molecule has 0 fully saturated rings. The maximum atomic E-state index is 5.18. The van der Waals surface area contributed by atoms with Crippen molar-refractivity contribution < 1.29 is 0 Å². The highest BCUT2D eigenvalue weighted by Gasteiger charge is 2.15. The molecular formula is C40H32N4. The number of hydrogen-bond acceptors (Lipinski definition) is 1. The van der Waals surface area contributed by atoms with Gasteiger partial charge in [-0.2, -0.15) is 0 Å². The maximum Gasteiger partial charge on any atom is 0.0872 e. The van der Waals surface area contributed by atoms with Gasteiger partial charge in [-0.25, -0.2) is 4.98 Å². The number of H-pyrrole nitrogens is 3. The summed E-state index contributed by atoms with van der Waals surface area (Å²) in [6.07, 6.45) is 4.24. The highest BCUT2D eigenvalue weighted by Crippen LogP contribution is 2.36. The van der Waals surface area contributed by atoms with Gasteiger partial charge in [-0.05, 0) is 86.0 Å². The summed E-state index contributed by atoms with van der Waals surface area (Å²) in [6, 6.07) is 39.3. The number of fused-ring (bicyclic) bond motifs is 9. The lowest BCUT2D eigenvalue weighted by atomic mass is 10.0. The molecule has 7 aromatic rings. The highest BCUT2D eigenvalue weighted by atomic mass is 14.8. The smallest absolute Gasteiger partial charge is 0.0872 e. The number of rotatable bonds is 3. The Labute approximate surface area is 256 Å². The number of aryl methyl sites for hydroxylation is 3. The van der Waals surface area contributed by atoms with E-state index < -0.39 is 0 Å². The summed E-state index contributed by atoms with van der Waals surface area (Å²) in [7, 11) is 0. The van der Waals surface area contributed by atoms with Gasteiger partial charge in [0, 0.05) is 44.3 Å². The normalized spacial score (nSPS) is 11.9. The zero-order chi connectivity index (χ0) is 29.8. The van der Waals surface area contributed by atoms with Crippen molar-refractivity contribution in [3.63, 3.8) is 0 Å². The lowest BCUT2D eigenvalue weighted by Gasteiger charge is -2.06. The van der Waals surface area contributed by atoms with Crippen molar-refractivity contribution in [1.29, 1.82) is 0 Å². The van der Waals surface area contributed by atoms with Gasteiger partial charge in [0.1, 0.15) is 0 Å². The molecule has 212 valence electrons. The van der Waals surface area contributed by atoms with E-state index in [2.05, 4.69) is 157 Å². The summed E-state index contributed by atoms with van der Waals surface area (Å²) in [4.78, 5) is 16.5. The third-order valence-corrected chi connectivity index (χ3v) is 8.60. The van der Waals surface area contributed by atoms with E-state index in [1.54, 1.807) is 0 Å². The Hall–Kier alpha value is -5.61. The van der Waals surface area contributed by atoms with Crippen LogP contribution in [-0.2, 0) is 0 Å². The largest absolute Gasteiger partial charge is 0.354 e. The summed E-state index contributed by atoms with van der Waals surface area (Å²) in [6.45, 7) is 6.37. The third kappa shape index (κ3) is 4.52. The van der Waals surface area contributed by atoms with E-state index in [1.807, 2.05) is 0 Å². The highest BCUT2D eigenvalue weighted by molar-refractivity contribution is 6.00. The molecule has 0 unspecified atom stereocenters. The maximum absolute atomic E-state index is 5.18. The summed E-state index contributed by atoms with van der Waals surface area (Å²) >= 11 is 0. The lowest BCUT2D eigenvalue weighted by molar-refractivity contribution is 1.32. The molecule has 0 aliphatic carbocycles. The minimum atomic E-state index is 0.917. The van der Waals surface area contributed by atoms with E-state index in [-0.39, 0.29) is 0 Å². The first kappa shape index (κ1) is 26.1. The molecule has 3 aromatic carbocycles. The summed E-state index contributed by atoms with van der Waals surface area (Å²) in [5.41, 5.74) is 18.5. The van der Waals surface area contributed by atoms with E-state index >= 15 is 0 Å². The molecule has 4 nitrogen and oxygen atoms in total. The standard InChI is InChI=1S/C40H32N4/c1-24-4-10-27(11-5-24)38-32-18-16-30(41-32)31-17-19-33(42-31)39(28-12-6-25(2)7-13-28)35-21-23-37(44-35)40(36-22-20-34(38)43-36)29-14-8-26(3)9-15-29/h4-23,41,43-44H,1-3H3. The van der Waals surface area contributed by atoms with Gasteiger partial charge in [0.2, 0.25) is 0 Å². The number of nitrogens with one attached hydrogen (secondary N) is 3. The molecule has 4 heteroatoms. The second-order valence-corrected chi connectivity index (χ2v) is 11.8. The monoisotopic (exact) mass is 568 g/mol. The SMILES string of the molecule is Cc1ccc(-c2c3nc(c4ccc([nH]4)c(-c4ccc(C)cc4)c4ccc([nH]4)c(-c4ccc(C)cc4)c4ccc2[nH]4)C=C3)cc1. The van der Waals surface area contributed by atoms with E-state index in [0.717, 1.165) is 77.9 Å². The van der Waals surface area contributed by atoms with Crippen LogP contribution in [0.1, 0.15) is 28.1 Å². The van der Waals surface area contributed by atoms with Crippen LogP contribution in [0.15, 0.2) is 109 Å². The molecule has 0 amide bonds. The fourth-order valence-corrected chi connectivity index (χ4v) is 6.23. The molecule has 8 rings (SSSR count). The van der Waals surface area contributed by atoms with Crippen LogP contribution in [0, 0.1) is 20.8 Å². The van der Waals surface area contributed by atoms with E-state index in [1.165, 1.54) is 16.7 Å². The van der Waals surface area contributed by atoms with E-state index in [4.69, 9.17) is 4.98 Å². The van der Waals surface area contributed by atoms with Crippen LogP contribution in [0.4, 0.5) is 0 Å². The molecule has 1 aliphatic rings. The Morgan fingerprint density at radius 1 is 0.341 bits per heavy atom. The molecule has 0 saturated carbocycles. The fourth-order valence-electron chi connectivity index (χ4n) is 6.23. The zero-order valence-corrected chi connectivity index (χ0v) is 25.0. The van der Waals surface area contributed by atoms with Crippen LogP contribution in [0.25, 0.3) is 78.6 Å². The van der Waals surface area contributed by atoms with Gasteiger partial charge in [0.15, 0.2) is 0 Å². The van der Waals surface area contributed by atoms with Crippen LogP contribution in [0.2, 0.25) is 0 Å². The van der Waals surface area contributed by atoms with Crippen LogP contribution in [0.5, 0.6) is 0 Å². The molecular weight excluding hydrogens is 536 g/mol. The summed E-state index contributed by atoms with van der Waals surface area (Å²) in [5.74, 6) is 0. The minimum absolute atomic E-state index is 0.917. The summed E-state index contributed by atoms with van der Waals surface area (Å²) < 4.78 is 0. The van der Waals surface area contributed by atoms with E-state index in [9.17, 15) is 0 Å². The molecule has 4 aromatic heterocycles. The second-order valence-electron chi connectivity index (χ2n) is 11.8. The predicted molar refractivity (Wildman–Crippen MR) is 186 cm³/mol. The molecule has 0 spiro atoms. The molecule has 3 N–H and O–H groups in total. The van der Waals surface area contributed by atoms with Gasteiger partial charge in [0.25, 0.3) is 0 Å². The number of benzene rings is 3. The number of nitrogens with zero attached hydrogens (tertiary/aromatic N) is 1. The zero-order valence-electron chi connectivity index (χ0n) is 25.0. The number of aromatic nitrogens is 4. The Morgan fingerprint density at radius 3 is 1.09 bits per heavy atom. The Morgan fingerprint density at radius 2 is 0.659 bits per heavy atom. The molecule has 0 radical (unpaired) electrons. The first-order chi connectivity index (χ1) is 21.5. The van der Waals surface area contributed by atoms with Crippen LogP contribution < -0.4 is 0 Å². The minimum Gasteiger partial charge on any atom is -0.354 e. The molecule has 0 atom stereocenters. The summed E-state index contributed by atoms with van der Waals surface area (Å²) in [5, 5.41) is 0. The number of hydrogen-bond donors (Lipinski definition) is 3. The average Bonchev–Trinajstić information content (AvgIpc) is 3.85. The Balaban J connectivity index is 1.55. The van der Waals surface area contributed by atoms with Gasteiger partial charge in [-0.1, -0.05) is 89.5 Å². The van der Waals surface area contributed by atoms with Crippen molar-refractivity contribution in [1.82, 2.24) is 19.9 Å². The van der Waals surface area contributed by atoms with Gasteiger partial charge >= 0.3 is 0 Å². The topological polar surface area (TPSA) is 60.3 Å². The van der Waals surface area contributed by atoms with Crippen LogP contribution >= 0.6 is 0 Å².